The summed E-state index contributed by atoms with van der Waals surface area (Å²) in [5, 5.41) is 0. The molecule has 0 radical (unpaired) electrons. The molecule has 0 spiro atoms. The molecule has 72 valence electrons. The fourth-order valence-corrected chi connectivity index (χ4v) is 0.974. The highest BCUT2D eigenvalue weighted by Gasteiger charge is 2.13. The number of hydrogen-bond acceptors (Lipinski definition) is 4. The van der Waals surface area contributed by atoms with Gasteiger partial charge in [0.15, 0.2) is 11.6 Å². The molecule has 1 aromatic carbocycles. The van der Waals surface area contributed by atoms with Gasteiger partial charge in [-0.2, -0.15) is 0 Å². The van der Waals surface area contributed by atoms with Gasteiger partial charge in [0.05, 0.1) is 0 Å². The Morgan fingerprint density at radius 2 is 1.21 bits per heavy atom. The van der Waals surface area contributed by atoms with Gasteiger partial charge in [0, 0.05) is 0 Å². The highest BCUT2D eigenvalue weighted by atomic mass is 19.1. The first-order chi connectivity index (χ1) is 6.59. The Hall–Kier alpha value is -1.98. The maximum Gasteiger partial charge on any atom is 0.423 e. The lowest BCUT2D eigenvalue weighted by Gasteiger charge is -1.95. The maximum absolute atomic E-state index is 12.9. The molecule has 0 saturated heterocycles. The highest BCUT2D eigenvalue weighted by molar-refractivity contribution is 5.70. The molecule has 0 N–H and O–H groups in total. The van der Waals surface area contributed by atoms with Crippen LogP contribution in [0.1, 0.15) is 0 Å². The van der Waals surface area contributed by atoms with E-state index in [0.717, 1.165) is 12.1 Å². The van der Waals surface area contributed by atoms with Gasteiger partial charge in [0.2, 0.25) is 11.2 Å². The summed E-state index contributed by atoms with van der Waals surface area (Å²) in [6.45, 7) is 0. The smallest absolute Gasteiger partial charge is 0.411 e. The van der Waals surface area contributed by atoms with Crippen molar-refractivity contribution < 1.29 is 17.6 Å². The molecule has 0 unspecified atom stereocenters. The van der Waals surface area contributed by atoms with E-state index in [0.29, 0.717) is 0 Å². The molecule has 14 heavy (non-hydrogen) atoms. The van der Waals surface area contributed by atoms with Gasteiger partial charge in [0.1, 0.15) is 0 Å². The Morgan fingerprint density at radius 1 is 0.857 bits per heavy atom. The first-order valence-corrected chi connectivity index (χ1v) is 3.51. The Bertz CT molecular complexity index is 556. The minimum absolute atomic E-state index is 0.699. The van der Waals surface area contributed by atoms with E-state index in [-0.39, 0.29) is 0 Å². The zero-order valence-electron chi connectivity index (χ0n) is 6.54. The van der Waals surface area contributed by atoms with Crippen molar-refractivity contribution in [3.8, 4) is 0 Å². The van der Waals surface area contributed by atoms with Crippen LogP contribution < -0.4 is 11.3 Å². The second kappa shape index (κ2) is 2.76. The normalized spacial score (nSPS) is 10.7. The summed E-state index contributed by atoms with van der Waals surface area (Å²) in [5.74, 6) is -1.94. The molecule has 0 aliphatic rings. The van der Waals surface area contributed by atoms with Gasteiger partial charge in [-0.05, 0) is 12.1 Å². The number of hydrogen-bond donors (Lipinski definition) is 0. The van der Waals surface area contributed by atoms with E-state index in [2.05, 4.69) is 8.83 Å². The third-order valence-corrected chi connectivity index (χ3v) is 1.57. The zero-order chi connectivity index (χ0) is 10.3. The maximum atomic E-state index is 12.9. The van der Waals surface area contributed by atoms with Crippen molar-refractivity contribution in [3.05, 3.63) is 44.6 Å². The number of rotatable bonds is 0. The van der Waals surface area contributed by atoms with Gasteiger partial charge in [-0.15, -0.1) is 0 Å². The molecule has 4 nitrogen and oxygen atoms in total. The third kappa shape index (κ3) is 1.12. The van der Waals surface area contributed by atoms with Crippen LogP contribution in [0.3, 0.4) is 0 Å². The lowest BCUT2D eigenvalue weighted by Crippen LogP contribution is -2.21. The van der Waals surface area contributed by atoms with Crippen molar-refractivity contribution in [2.45, 2.75) is 0 Å². The van der Waals surface area contributed by atoms with Crippen molar-refractivity contribution in [3.63, 3.8) is 0 Å². The molecule has 2 rings (SSSR count). The van der Waals surface area contributed by atoms with E-state index >= 15 is 0 Å². The Labute approximate surface area is 74.4 Å². The topological polar surface area (TPSA) is 60.4 Å². The van der Waals surface area contributed by atoms with E-state index in [4.69, 9.17) is 0 Å². The molecule has 0 aliphatic carbocycles. The largest absolute Gasteiger partial charge is 0.423 e. The quantitative estimate of drug-likeness (QED) is 0.595. The van der Waals surface area contributed by atoms with E-state index in [9.17, 15) is 18.4 Å². The summed E-state index contributed by atoms with van der Waals surface area (Å²) in [6, 6.07) is 1.53. The first kappa shape index (κ1) is 8.61. The molecule has 2 aromatic rings. The molecule has 1 aromatic heterocycles. The SMILES string of the molecule is O=c1oc2c(F)ccc(F)c2oc1=O. The minimum atomic E-state index is -1.37. The van der Waals surface area contributed by atoms with Gasteiger partial charge < -0.3 is 8.83 Å². The van der Waals surface area contributed by atoms with Crippen LogP contribution in [0.4, 0.5) is 8.78 Å². The molecule has 0 amide bonds. The molecule has 0 aliphatic heterocycles. The predicted octanol–water partition coefficient (Wildman–Crippen LogP) is 1.02. The summed E-state index contributed by atoms with van der Waals surface area (Å²) in [5.41, 5.74) is -4.15. The fourth-order valence-electron chi connectivity index (χ4n) is 0.974. The molecule has 6 heteroatoms. The summed E-state index contributed by atoms with van der Waals surface area (Å²) in [7, 11) is 0. The van der Waals surface area contributed by atoms with E-state index in [1.165, 1.54) is 0 Å². The number of fused-ring (bicyclic) bond motifs is 1. The van der Waals surface area contributed by atoms with Crippen molar-refractivity contribution in [2.75, 3.05) is 0 Å². The van der Waals surface area contributed by atoms with Crippen molar-refractivity contribution in [1.29, 1.82) is 0 Å². The van der Waals surface area contributed by atoms with E-state index in [1.807, 2.05) is 0 Å². The Morgan fingerprint density at radius 3 is 1.57 bits per heavy atom. The minimum Gasteiger partial charge on any atom is -0.411 e. The Kier molecular flexibility index (Phi) is 1.70. The van der Waals surface area contributed by atoms with Crippen LogP contribution in [0.15, 0.2) is 30.6 Å². The predicted molar refractivity (Wildman–Crippen MR) is 40.9 cm³/mol. The summed E-state index contributed by atoms with van der Waals surface area (Å²) in [6.07, 6.45) is 0. The van der Waals surface area contributed by atoms with E-state index < -0.39 is 34.1 Å². The van der Waals surface area contributed by atoms with E-state index in [1.54, 1.807) is 0 Å². The number of benzene rings is 1. The lowest BCUT2D eigenvalue weighted by molar-refractivity contribution is 0.422. The lowest BCUT2D eigenvalue weighted by atomic mass is 10.3. The highest BCUT2D eigenvalue weighted by Crippen LogP contribution is 2.17. The van der Waals surface area contributed by atoms with Crippen molar-refractivity contribution >= 4 is 11.2 Å². The summed E-state index contributed by atoms with van der Waals surface area (Å²) >= 11 is 0. The van der Waals surface area contributed by atoms with Gasteiger partial charge >= 0.3 is 11.3 Å². The molecular formula is C8H2F2O4. The molecule has 0 fully saturated rings. The second-order valence-electron chi connectivity index (χ2n) is 2.47. The van der Waals surface area contributed by atoms with Crippen LogP contribution in [0.5, 0.6) is 0 Å². The standard InChI is InChI=1S/C8H2F2O4/c9-3-1-2-4(10)6-5(3)13-7(11)8(12)14-6/h1-2H. The van der Waals surface area contributed by atoms with Gasteiger partial charge in [-0.3, -0.25) is 0 Å². The summed E-state index contributed by atoms with van der Waals surface area (Å²) < 4.78 is 34.3. The molecule has 0 bridgehead atoms. The molecule has 0 saturated carbocycles. The first-order valence-electron chi connectivity index (χ1n) is 3.51. The second-order valence-corrected chi connectivity index (χ2v) is 2.47. The van der Waals surface area contributed by atoms with Crippen LogP contribution in [0, 0.1) is 11.6 Å². The molecular weight excluding hydrogens is 198 g/mol. The van der Waals surface area contributed by atoms with Gasteiger partial charge in [-0.1, -0.05) is 0 Å². The van der Waals surface area contributed by atoms with Crippen LogP contribution in [-0.4, -0.2) is 0 Å². The van der Waals surface area contributed by atoms with Gasteiger partial charge in [-0.25, -0.2) is 18.4 Å². The van der Waals surface area contributed by atoms with Crippen molar-refractivity contribution in [1.82, 2.24) is 0 Å². The third-order valence-electron chi connectivity index (χ3n) is 1.57. The van der Waals surface area contributed by atoms with Crippen LogP contribution in [0.25, 0.3) is 11.2 Å². The average Bonchev–Trinajstić information content (AvgIpc) is 2.15. The number of halogens is 2. The van der Waals surface area contributed by atoms with Crippen LogP contribution in [0.2, 0.25) is 0 Å². The molecule has 1 heterocycles. The summed E-state index contributed by atoms with van der Waals surface area (Å²) in [4.78, 5) is 21.3. The molecule has 0 atom stereocenters. The monoisotopic (exact) mass is 200 g/mol. The van der Waals surface area contributed by atoms with Gasteiger partial charge in [0.25, 0.3) is 0 Å². The average molecular weight is 200 g/mol. The zero-order valence-corrected chi connectivity index (χ0v) is 6.54. The van der Waals surface area contributed by atoms with Crippen molar-refractivity contribution in [2.24, 2.45) is 0 Å². The van der Waals surface area contributed by atoms with Crippen LogP contribution >= 0.6 is 0 Å². The van der Waals surface area contributed by atoms with Crippen LogP contribution in [-0.2, 0) is 0 Å². The fraction of sp³-hybridized carbons (Fsp3) is 0. The Balaban J connectivity index is 3.09.